The normalized spacial score (nSPS) is 24.6. The molecule has 0 radical (unpaired) electrons. The fourth-order valence-corrected chi connectivity index (χ4v) is 5.09. The number of rotatable bonds is 6. The molecule has 1 aromatic carbocycles. The molecular formula is C20H20N4O5S. The van der Waals surface area contributed by atoms with Crippen molar-refractivity contribution < 1.29 is 23.1 Å². The molecule has 9 nitrogen and oxygen atoms in total. The van der Waals surface area contributed by atoms with Gasteiger partial charge in [0.15, 0.2) is 0 Å². The lowest BCUT2D eigenvalue weighted by Crippen LogP contribution is -2.36. The average Bonchev–Trinajstić information content (AvgIpc) is 3.29. The zero-order chi connectivity index (χ0) is 21.5. The number of aromatic nitrogens is 2. The Labute approximate surface area is 173 Å². The van der Waals surface area contributed by atoms with Crippen LogP contribution in [0.25, 0.3) is 0 Å². The molecule has 0 saturated heterocycles. The topological polar surface area (TPSA) is 138 Å². The fraction of sp³-hybridized carbons (Fsp3) is 0.300. The number of hydrogen-bond donors (Lipinski definition) is 3. The van der Waals surface area contributed by atoms with Gasteiger partial charge in [0.25, 0.3) is 10.0 Å². The standard InChI is InChI=1S/C20H20N4O5S/c1-11-8-9-21-20(22-11)24-30(28,29)15-6-4-14(5-7-15)23-18(25)16-12-2-3-13(10-12)17(16)19(26)27/h2-9,12-13,16-17H,10H2,1H3,(H,23,25)(H,26,27)(H,21,22,24)/t12-,13+,16-,17+/m1/s1. The fourth-order valence-electron chi connectivity index (χ4n) is 4.14. The largest absolute Gasteiger partial charge is 0.481 e. The molecule has 2 bridgehead atoms. The molecule has 2 aromatic rings. The minimum Gasteiger partial charge on any atom is -0.481 e. The highest BCUT2D eigenvalue weighted by Gasteiger charge is 2.51. The average molecular weight is 428 g/mol. The number of carbonyl (C=O) groups is 2. The first-order valence-corrected chi connectivity index (χ1v) is 10.9. The van der Waals surface area contributed by atoms with Gasteiger partial charge in [-0.05, 0) is 55.5 Å². The maximum atomic E-state index is 12.7. The molecule has 10 heteroatoms. The van der Waals surface area contributed by atoms with E-state index < -0.39 is 27.8 Å². The van der Waals surface area contributed by atoms with Crippen molar-refractivity contribution in [3.05, 3.63) is 54.4 Å². The number of aliphatic carboxylic acids is 1. The highest BCUT2D eigenvalue weighted by molar-refractivity contribution is 7.92. The molecule has 0 unspecified atom stereocenters. The van der Waals surface area contributed by atoms with Crippen molar-refractivity contribution in [1.82, 2.24) is 9.97 Å². The Morgan fingerprint density at radius 1 is 1.07 bits per heavy atom. The summed E-state index contributed by atoms with van der Waals surface area (Å²) < 4.78 is 27.3. The lowest BCUT2D eigenvalue weighted by molar-refractivity contribution is -0.146. The van der Waals surface area contributed by atoms with Gasteiger partial charge in [-0.25, -0.2) is 23.1 Å². The number of benzene rings is 1. The van der Waals surface area contributed by atoms with E-state index in [0.717, 1.165) is 0 Å². The van der Waals surface area contributed by atoms with E-state index in [-0.39, 0.29) is 28.6 Å². The summed E-state index contributed by atoms with van der Waals surface area (Å²) in [7, 11) is -3.89. The molecule has 1 heterocycles. The minimum atomic E-state index is -3.89. The SMILES string of the molecule is Cc1ccnc(NS(=O)(=O)c2ccc(NC(=O)[C@H]3[C@@H](C(=O)O)[C@H]4C=C[C@@H]3C4)cc2)n1. The van der Waals surface area contributed by atoms with Crippen LogP contribution >= 0.6 is 0 Å². The number of carbonyl (C=O) groups excluding carboxylic acids is 1. The lowest BCUT2D eigenvalue weighted by Gasteiger charge is -2.23. The van der Waals surface area contributed by atoms with Crippen molar-refractivity contribution >= 4 is 33.5 Å². The van der Waals surface area contributed by atoms with Crippen LogP contribution in [0.1, 0.15) is 12.1 Å². The van der Waals surface area contributed by atoms with Gasteiger partial charge in [-0.3, -0.25) is 9.59 Å². The second-order valence-electron chi connectivity index (χ2n) is 7.48. The molecular weight excluding hydrogens is 408 g/mol. The Balaban J connectivity index is 1.46. The van der Waals surface area contributed by atoms with Crippen molar-refractivity contribution in [2.75, 3.05) is 10.0 Å². The molecule has 2 aliphatic carbocycles. The Morgan fingerprint density at radius 2 is 1.73 bits per heavy atom. The molecule has 1 fully saturated rings. The van der Waals surface area contributed by atoms with E-state index in [1.165, 1.54) is 30.5 Å². The van der Waals surface area contributed by atoms with Crippen LogP contribution in [0.15, 0.2) is 53.6 Å². The monoisotopic (exact) mass is 428 g/mol. The molecule has 3 N–H and O–H groups in total. The van der Waals surface area contributed by atoms with Crippen LogP contribution in [0.4, 0.5) is 11.6 Å². The number of sulfonamides is 1. The quantitative estimate of drug-likeness (QED) is 0.599. The highest BCUT2D eigenvalue weighted by atomic mass is 32.2. The number of nitrogens with one attached hydrogen (secondary N) is 2. The molecule has 0 spiro atoms. The second-order valence-corrected chi connectivity index (χ2v) is 9.16. The summed E-state index contributed by atoms with van der Waals surface area (Å²) in [6.07, 6.45) is 5.90. The van der Waals surface area contributed by atoms with E-state index in [0.29, 0.717) is 17.8 Å². The van der Waals surface area contributed by atoms with Gasteiger partial charge >= 0.3 is 5.97 Å². The van der Waals surface area contributed by atoms with Crippen LogP contribution in [0, 0.1) is 30.6 Å². The zero-order valence-corrected chi connectivity index (χ0v) is 16.8. The van der Waals surface area contributed by atoms with Gasteiger partial charge in [0, 0.05) is 17.6 Å². The number of carboxylic acid groups (broad SMARTS) is 1. The summed E-state index contributed by atoms with van der Waals surface area (Å²) >= 11 is 0. The summed E-state index contributed by atoms with van der Waals surface area (Å²) in [5, 5.41) is 12.2. The van der Waals surface area contributed by atoms with Crippen LogP contribution in [0.2, 0.25) is 0 Å². The molecule has 1 aromatic heterocycles. The summed E-state index contributed by atoms with van der Waals surface area (Å²) in [4.78, 5) is 32.2. The van der Waals surface area contributed by atoms with Crippen molar-refractivity contribution in [1.29, 1.82) is 0 Å². The zero-order valence-electron chi connectivity index (χ0n) is 16.0. The summed E-state index contributed by atoms with van der Waals surface area (Å²) in [6.45, 7) is 1.72. The number of amides is 1. The molecule has 30 heavy (non-hydrogen) atoms. The van der Waals surface area contributed by atoms with E-state index in [1.807, 2.05) is 12.2 Å². The van der Waals surface area contributed by atoms with Crippen LogP contribution < -0.4 is 10.0 Å². The first-order chi connectivity index (χ1) is 14.2. The number of aryl methyl sites for hydroxylation is 1. The summed E-state index contributed by atoms with van der Waals surface area (Å²) in [5.74, 6) is -2.96. The van der Waals surface area contributed by atoms with Crippen LogP contribution in [-0.4, -0.2) is 35.4 Å². The smallest absolute Gasteiger partial charge is 0.307 e. The molecule has 4 rings (SSSR count). The predicted molar refractivity (Wildman–Crippen MR) is 108 cm³/mol. The molecule has 1 saturated carbocycles. The van der Waals surface area contributed by atoms with Gasteiger partial charge in [-0.1, -0.05) is 12.2 Å². The van der Waals surface area contributed by atoms with Gasteiger partial charge < -0.3 is 10.4 Å². The van der Waals surface area contributed by atoms with Crippen molar-refractivity contribution in [3.8, 4) is 0 Å². The first kappa shape index (κ1) is 20.0. The van der Waals surface area contributed by atoms with E-state index in [4.69, 9.17) is 0 Å². The maximum absolute atomic E-state index is 12.7. The van der Waals surface area contributed by atoms with E-state index in [1.54, 1.807) is 13.0 Å². The molecule has 0 aliphatic heterocycles. The highest BCUT2D eigenvalue weighted by Crippen LogP contribution is 2.48. The third kappa shape index (κ3) is 3.78. The molecule has 2 aliphatic rings. The van der Waals surface area contributed by atoms with Gasteiger partial charge in [0.05, 0.1) is 16.7 Å². The van der Waals surface area contributed by atoms with Crippen molar-refractivity contribution in [2.24, 2.45) is 23.7 Å². The summed E-state index contributed by atoms with van der Waals surface area (Å²) in [6, 6.07) is 7.27. The number of carboxylic acids is 1. The van der Waals surface area contributed by atoms with Crippen molar-refractivity contribution in [2.45, 2.75) is 18.2 Å². The number of nitrogens with zero attached hydrogens (tertiary/aromatic N) is 2. The number of allylic oxidation sites excluding steroid dienone is 2. The Bertz CT molecular complexity index is 1130. The van der Waals surface area contributed by atoms with Crippen LogP contribution in [-0.2, 0) is 19.6 Å². The first-order valence-electron chi connectivity index (χ1n) is 9.39. The van der Waals surface area contributed by atoms with Crippen LogP contribution in [0.3, 0.4) is 0 Å². The molecule has 156 valence electrons. The number of hydrogen-bond acceptors (Lipinski definition) is 6. The number of anilines is 2. The van der Waals surface area contributed by atoms with E-state index in [9.17, 15) is 23.1 Å². The lowest BCUT2D eigenvalue weighted by atomic mass is 9.82. The van der Waals surface area contributed by atoms with E-state index >= 15 is 0 Å². The predicted octanol–water partition coefficient (Wildman–Crippen LogP) is 2.05. The Morgan fingerprint density at radius 3 is 2.37 bits per heavy atom. The Kier molecular flexibility index (Phi) is 5.02. The van der Waals surface area contributed by atoms with Gasteiger partial charge in [-0.15, -0.1) is 0 Å². The molecule has 1 amide bonds. The minimum absolute atomic E-state index is 0.0168. The van der Waals surface area contributed by atoms with Gasteiger partial charge in [-0.2, -0.15) is 0 Å². The third-order valence-corrected chi connectivity index (χ3v) is 6.84. The van der Waals surface area contributed by atoms with Crippen molar-refractivity contribution in [3.63, 3.8) is 0 Å². The van der Waals surface area contributed by atoms with Gasteiger partial charge in [0.2, 0.25) is 11.9 Å². The second kappa shape index (κ2) is 7.52. The third-order valence-electron chi connectivity index (χ3n) is 5.50. The maximum Gasteiger partial charge on any atom is 0.307 e. The van der Waals surface area contributed by atoms with Gasteiger partial charge in [0.1, 0.15) is 0 Å². The van der Waals surface area contributed by atoms with Crippen LogP contribution in [0.5, 0.6) is 0 Å². The number of fused-ring (bicyclic) bond motifs is 2. The Hall–Kier alpha value is -3.27. The molecule has 4 atom stereocenters. The summed E-state index contributed by atoms with van der Waals surface area (Å²) in [5.41, 5.74) is 1.01. The van der Waals surface area contributed by atoms with E-state index in [2.05, 4.69) is 20.0 Å².